The van der Waals surface area contributed by atoms with Crippen LogP contribution < -0.4 is 4.74 Å². The van der Waals surface area contributed by atoms with Crippen molar-refractivity contribution < 1.29 is 36.6 Å². The molecule has 2 aliphatic heterocycles. The highest BCUT2D eigenvalue weighted by Crippen LogP contribution is 2.47. The lowest BCUT2D eigenvalue weighted by atomic mass is 9.77. The summed E-state index contributed by atoms with van der Waals surface area (Å²) in [7, 11) is 0. The standard InChI is InChI=1S/C31H34F4N4O4/c1-30(2,3)43-29(41)39-15-19-6-9-23-25(21(19)16-39)26-24(22(32)14-36-27(26)37-23)17-10-12-38(13-11-17)28(40)18-4-7-20(8-5-18)42-31(33,34)35/h4-5,7-8,14,17,19,21H,6,9-13,15-16H2,1-3H3,(H,36,37). The third-order valence-corrected chi connectivity index (χ3v) is 8.69. The van der Waals surface area contributed by atoms with E-state index < -0.39 is 17.7 Å². The second kappa shape index (κ2) is 10.7. The van der Waals surface area contributed by atoms with Crippen LogP contribution in [0.1, 0.15) is 79.0 Å². The summed E-state index contributed by atoms with van der Waals surface area (Å²) < 4.78 is 62.6. The molecule has 2 atom stereocenters. The van der Waals surface area contributed by atoms with Crippen LogP contribution in [0.2, 0.25) is 0 Å². The predicted octanol–water partition coefficient (Wildman–Crippen LogP) is 6.52. The summed E-state index contributed by atoms with van der Waals surface area (Å²) in [6, 6.07) is 4.86. The SMILES string of the molecule is CC(C)(C)OC(=O)N1CC2CCc3[nH]c4ncc(F)c(C5CCN(C(=O)c6ccc(OC(F)(F)F)cc6)CC5)c4c3C2C1. The molecule has 43 heavy (non-hydrogen) atoms. The number of alkyl halides is 3. The molecule has 2 saturated heterocycles. The van der Waals surface area contributed by atoms with Crippen LogP contribution in [0.25, 0.3) is 11.0 Å². The van der Waals surface area contributed by atoms with Crippen LogP contribution in [0.4, 0.5) is 22.4 Å². The molecule has 1 N–H and O–H groups in total. The number of aryl methyl sites for hydroxylation is 1. The summed E-state index contributed by atoms with van der Waals surface area (Å²) >= 11 is 0. The number of hydrogen-bond acceptors (Lipinski definition) is 5. The number of fused-ring (bicyclic) bond motifs is 5. The first-order valence-electron chi connectivity index (χ1n) is 14.6. The first-order valence-corrected chi connectivity index (χ1v) is 14.6. The Kier molecular flexibility index (Phi) is 7.29. The number of piperidine rings is 1. The lowest BCUT2D eigenvalue weighted by molar-refractivity contribution is -0.274. The smallest absolute Gasteiger partial charge is 0.444 e. The molecule has 0 bridgehead atoms. The Morgan fingerprint density at radius 2 is 1.67 bits per heavy atom. The number of carbonyl (C=O) groups excluding carboxylic acids is 2. The Bertz CT molecular complexity index is 1540. The van der Waals surface area contributed by atoms with Crippen molar-refractivity contribution in [3.05, 3.63) is 58.7 Å². The van der Waals surface area contributed by atoms with Crippen molar-refractivity contribution in [2.75, 3.05) is 26.2 Å². The first kappa shape index (κ1) is 29.3. The van der Waals surface area contributed by atoms with Gasteiger partial charge in [-0.15, -0.1) is 13.2 Å². The van der Waals surface area contributed by atoms with E-state index in [0.717, 1.165) is 41.6 Å². The average molecular weight is 603 g/mol. The van der Waals surface area contributed by atoms with Gasteiger partial charge >= 0.3 is 12.5 Å². The molecule has 1 aromatic carbocycles. The fourth-order valence-corrected chi connectivity index (χ4v) is 6.89. The van der Waals surface area contributed by atoms with E-state index in [1.165, 1.54) is 18.3 Å². The molecule has 2 amide bonds. The van der Waals surface area contributed by atoms with Gasteiger partial charge in [-0.3, -0.25) is 4.79 Å². The number of likely N-dealkylation sites (tertiary alicyclic amines) is 2. The molecule has 8 nitrogen and oxygen atoms in total. The van der Waals surface area contributed by atoms with Crippen LogP contribution >= 0.6 is 0 Å². The number of halogens is 4. The first-order chi connectivity index (χ1) is 20.3. The molecule has 0 spiro atoms. The molecular formula is C31H34F4N4O4. The molecule has 1 aliphatic carbocycles. The molecule has 6 rings (SSSR count). The summed E-state index contributed by atoms with van der Waals surface area (Å²) in [5, 5.41) is 0.792. The number of benzene rings is 1. The Balaban J connectivity index is 1.21. The molecule has 4 heterocycles. The fourth-order valence-electron chi connectivity index (χ4n) is 6.89. The van der Waals surface area contributed by atoms with Gasteiger partial charge in [-0.2, -0.15) is 0 Å². The van der Waals surface area contributed by atoms with Gasteiger partial charge in [0, 0.05) is 54.3 Å². The van der Waals surface area contributed by atoms with Crippen molar-refractivity contribution in [1.82, 2.24) is 19.8 Å². The van der Waals surface area contributed by atoms with E-state index in [4.69, 9.17) is 4.74 Å². The molecule has 3 aliphatic rings. The maximum atomic E-state index is 15.6. The molecule has 230 valence electrons. The van der Waals surface area contributed by atoms with Crippen molar-refractivity contribution >= 4 is 23.0 Å². The lowest BCUT2D eigenvalue weighted by Gasteiger charge is -2.33. The number of pyridine rings is 1. The van der Waals surface area contributed by atoms with E-state index in [-0.39, 0.29) is 41.1 Å². The maximum Gasteiger partial charge on any atom is 0.573 e. The van der Waals surface area contributed by atoms with E-state index >= 15 is 4.39 Å². The van der Waals surface area contributed by atoms with Crippen LogP contribution in [-0.4, -0.2) is 69.9 Å². The number of ether oxygens (including phenoxy) is 2. The number of rotatable bonds is 3. The Morgan fingerprint density at radius 3 is 2.33 bits per heavy atom. The number of hydrogen-bond donors (Lipinski definition) is 1. The number of carbonyl (C=O) groups is 2. The number of aromatic nitrogens is 2. The van der Waals surface area contributed by atoms with Crippen molar-refractivity contribution in [1.29, 1.82) is 0 Å². The van der Waals surface area contributed by atoms with Gasteiger partial charge in [0.05, 0.1) is 6.20 Å². The third kappa shape index (κ3) is 5.88. The van der Waals surface area contributed by atoms with Crippen LogP contribution in [0.5, 0.6) is 5.75 Å². The summed E-state index contributed by atoms with van der Waals surface area (Å²) in [4.78, 5) is 37.2. The van der Waals surface area contributed by atoms with Crippen LogP contribution in [0.15, 0.2) is 30.5 Å². The molecule has 0 saturated carbocycles. The topological polar surface area (TPSA) is 87.8 Å². The molecule has 12 heteroatoms. The zero-order valence-corrected chi connectivity index (χ0v) is 24.3. The van der Waals surface area contributed by atoms with Crippen molar-refractivity contribution in [3.63, 3.8) is 0 Å². The van der Waals surface area contributed by atoms with Gasteiger partial charge in [0.2, 0.25) is 0 Å². The monoisotopic (exact) mass is 602 g/mol. The number of amides is 2. The highest BCUT2D eigenvalue weighted by atomic mass is 19.4. The normalized spacial score (nSPS) is 21.1. The molecule has 2 fully saturated rings. The largest absolute Gasteiger partial charge is 0.573 e. The summed E-state index contributed by atoms with van der Waals surface area (Å²) in [6.07, 6.45) is -1.16. The summed E-state index contributed by atoms with van der Waals surface area (Å²) in [5.74, 6) is -0.953. The Morgan fingerprint density at radius 1 is 0.977 bits per heavy atom. The average Bonchev–Trinajstić information content (AvgIpc) is 3.53. The fraction of sp³-hybridized carbons (Fsp3) is 0.516. The second-order valence-corrected chi connectivity index (χ2v) is 12.7. The Labute approximate surface area is 246 Å². The quantitative estimate of drug-likeness (QED) is 0.345. The minimum absolute atomic E-state index is 0.0401. The zero-order chi connectivity index (χ0) is 30.7. The van der Waals surface area contributed by atoms with Gasteiger partial charge in [0.25, 0.3) is 5.91 Å². The van der Waals surface area contributed by atoms with Crippen molar-refractivity contribution in [3.8, 4) is 5.75 Å². The van der Waals surface area contributed by atoms with Gasteiger partial charge in [-0.25, -0.2) is 14.2 Å². The van der Waals surface area contributed by atoms with Gasteiger partial charge in [0.1, 0.15) is 22.8 Å². The number of aromatic amines is 1. The van der Waals surface area contributed by atoms with Crippen LogP contribution in [0, 0.1) is 11.7 Å². The van der Waals surface area contributed by atoms with Gasteiger partial charge in [-0.05, 0) is 88.1 Å². The second-order valence-electron chi connectivity index (χ2n) is 12.7. The molecule has 2 unspecified atom stereocenters. The zero-order valence-electron chi connectivity index (χ0n) is 24.3. The minimum Gasteiger partial charge on any atom is -0.444 e. The van der Waals surface area contributed by atoms with Gasteiger partial charge < -0.3 is 24.3 Å². The lowest BCUT2D eigenvalue weighted by Crippen LogP contribution is -2.38. The van der Waals surface area contributed by atoms with E-state index in [0.29, 0.717) is 50.2 Å². The van der Waals surface area contributed by atoms with E-state index in [9.17, 15) is 22.8 Å². The van der Waals surface area contributed by atoms with E-state index in [1.807, 2.05) is 20.8 Å². The number of H-pyrrole nitrogens is 1. The molecule has 0 radical (unpaired) electrons. The maximum absolute atomic E-state index is 15.6. The molecule has 3 aromatic rings. The highest BCUT2D eigenvalue weighted by molar-refractivity contribution is 5.94. The predicted molar refractivity (Wildman–Crippen MR) is 149 cm³/mol. The summed E-state index contributed by atoms with van der Waals surface area (Å²) in [6.45, 7) is 7.36. The van der Waals surface area contributed by atoms with Crippen molar-refractivity contribution in [2.45, 2.75) is 70.3 Å². The minimum atomic E-state index is -4.81. The van der Waals surface area contributed by atoms with E-state index in [1.54, 1.807) is 9.80 Å². The summed E-state index contributed by atoms with van der Waals surface area (Å²) in [5.41, 5.74) is 2.97. The van der Waals surface area contributed by atoms with E-state index in [2.05, 4.69) is 14.7 Å². The van der Waals surface area contributed by atoms with Gasteiger partial charge in [-0.1, -0.05) is 0 Å². The van der Waals surface area contributed by atoms with Crippen LogP contribution in [-0.2, 0) is 11.2 Å². The van der Waals surface area contributed by atoms with Gasteiger partial charge in [0.15, 0.2) is 0 Å². The molecule has 2 aromatic heterocycles. The van der Waals surface area contributed by atoms with Crippen LogP contribution in [0.3, 0.4) is 0 Å². The number of nitrogens with zero attached hydrogens (tertiary/aromatic N) is 3. The third-order valence-electron chi connectivity index (χ3n) is 8.69. The molecular weight excluding hydrogens is 568 g/mol. The van der Waals surface area contributed by atoms with Crippen molar-refractivity contribution in [2.24, 2.45) is 5.92 Å². The Hall–Kier alpha value is -3.83. The number of nitrogens with one attached hydrogen (secondary N) is 1. The highest BCUT2D eigenvalue weighted by Gasteiger charge is 2.43.